The third-order valence-corrected chi connectivity index (χ3v) is 3.98. The first-order valence-corrected chi connectivity index (χ1v) is 6.09. The Balaban J connectivity index is 2.79. The van der Waals surface area contributed by atoms with Gasteiger partial charge in [0.25, 0.3) is 0 Å². The number of nitriles is 1. The molecule has 1 aromatic rings. The van der Waals surface area contributed by atoms with E-state index >= 15 is 0 Å². The Morgan fingerprint density at radius 3 is 2.53 bits per heavy atom. The van der Waals surface area contributed by atoms with Crippen molar-refractivity contribution in [3.05, 3.63) is 29.8 Å². The zero-order valence-electron chi connectivity index (χ0n) is 8.02. The number of halogens is 1. The molecule has 0 aliphatic rings. The van der Waals surface area contributed by atoms with Gasteiger partial charge in [0.15, 0.2) is 0 Å². The number of nitrogens with zero attached hydrogens (tertiary/aromatic N) is 1. The fourth-order valence-electron chi connectivity index (χ4n) is 1.05. The minimum Gasteiger partial charge on any atom is -0.330 e. The first-order chi connectivity index (χ1) is 7.19. The summed E-state index contributed by atoms with van der Waals surface area (Å²) in [5, 5.41) is 8.59. The quantitative estimate of drug-likeness (QED) is 0.816. The van der Waals surface area contributed by atoms with Crippen molar-refractivity contribution in [2.75, 3.05) is 6.54 Å². The molecular formula is C10H11ClN2OS. The van der Waals surface area contributed by atoms with Crippen LogP contribution in [0.4, 0.5) is 0 Å². The Bertz CT molecular complexity index is 385. The van der Waals surface area contributed by atoms with Gasteiger partial charge in [0.05, 0.1) is 22.4 Å². The molecule has 1 aromatic carbocycles. The van der Waals surface area contributed by atoms with E-state index in [2.05, 4.69) is 0 Å². The van der Waals surface area contributed by atoms with Crippen molar-refractivity contribution < 1.29 is 4.21 Å². The lowest BCUT2D eigenvalue weighted by Crippen LogP contribution is -2.13. The Morgan fingerprint density at radius 1 is 1.47 bits per heavy atom. The van der Waals surface area contributed by atoms with Crippen molar-refractivity contribution in [1.29, 1.82) is 5.26 Å². The molecule has 0 heterocycles. The molecule has 0 aromatic heterocycles. The number of hydrogen-bond donors (Lipinski definition) is 1. The van der Waals surface area contributed by atoms with Gasteiger partial charge in [-0.05, 0) is 37.2 Å². The molecule has 5 heteroatoms. The maximum atomic E-state index is 11.8. The SMILES string of the molecule is N#Cc1ccc(S(=O)C(Cl)CCN)cc1. The van der Waals surface area contributed by atoms with Crippen LogP contribution in [0.1, 0.15) is 12.0 Å². The van der Waals surface area contributed by atoms with Gasteiger partial charge in [0.1, 0.15) is 4.71 Å². The predicted octanol–water partition coefficient (Wildman–Crippen LogP) is 1.58. The Labute approximate surface area is 96.3 Å². The van der Waals surface area contributed by atoms with Gasteiger partial charge >= 0.3 is 0 Å². The molecule has 15 heavy (non-hydrogen) atoms. The highest BCUT2D eigenvalue weighted by atomic mass is 35.5. The standard InChI is InChI=1S/C10H11ClN2OS/c11-10(5-6-12)15(14)9-3-1-8(7-13)2-4-9/h1-4,10H,5-6,12H2. The normalized spacial score (nSPS) is 14.2. The Hall–Kier alpha value is -0.890. The fraction of sp³-hybridized carbons (Fsp3) is 0.300. The third kappa shape index (κ3) is 3.31. The van der Waals surface area contributed by atoms with E-state index in [9.17, 15) is 4.21 Å². The van der Waals surface area contributed by atoms with Crippen LogP contribution in [0.5, 0.6) is 0 Å². The van der Waals surface area contributed by atoms with E-state index in [1.54, 1.807) is 24.3 Å². The molecule has 0 amide bonds. The summed E-state index contributed by atoms with van der Waals surface area (Å²) in [7, 11) is -1.26. The second-order valence-corrected chi connectivity index (χ2v) is 5.34. The van der Waals surface area contributed by atoms with E-state index in [-0.39, 0.29) is 0 Å². The first-order valence-electron chi connectivity index (χ1n) is 4.44. The zero-order valence-corrected chi connectivity index (χ0v) is 9.59. The number of alkyl halides is 1. The third-order valence-electron chi connectivity index (χ3n) is 1.84. The minimum atomic E-state index is -1.26. The molecular weight excluding hydrogens is 232 g/mol. The first kappa shape index (κ1) is 12.2. The van der Waals surface area contributed by atoms with Gasteiger partial charge < -0.3 is 5.73 Å². The molecule has 0 saturated heterocycles. The summed E-state index contributed by atoms with van der Waals surface area (Å²) in [6.07, 6.45) is 0.508. The van der Waals surface area contributed by atoms with Crippen LogP contribution >= 0.6 is 11.6 Å². The maximum absolute atomic E-state index is 11.8. The summed E-state index contributed by atoms with van der Waals surface area (Å²) in [6, 6.07) is 8.55. The fourth-order valence-corrected chi connectivity index (χ4v) is 2.53. The minimum absolute atomic E-state index is 0.413. The number of nitrogens with two attached hydrogens (primary N) is 1. The molecule has 0 saturated carbocycles. The van der Waals surface area contributed by atoms with Crippen LogP contribution in [0.3, 0.4) is 0 Å². The van der Waals surface area contributed by atoms with Crippen LogP contribution in [0.15, 0.2) is 29.2 Å². The molecule has 3 nitrogen and oxygen atoms in total. The van der Waals surface area contributed by atoms with E-state index in [0.29, 0.717) is 23.4 Å². The van der Waals surface area contributed by atoms with E-state index in [1.807, 2.05) is 6.07 Å². The van der Waals surface area contributed by atoms with Gasteiger partial charge in [-0.1, -0.05) is 0 Å². The maximum Gasteiger partial charge on any atom is 0.114 e. The van der Waals surface area contributed by atoms with E-state index in [1.165, 1.54) is 0 Å². The molecule has 2 unspecified atom stereocenters. The van der Waals surface area contributed by atoms with Crippen molar-refractivity contribution in [2.24, 2.45) is 5.73 Å². The van der Waals surface area contributed by atoms with Gasteiger partial charge in [-0.3, -0.25) is 4.21 Å². The molecule has 1 rings (SSSR count). The molecule has 80 valence electrons. The van der Waals surface area contributed by atoms with Gasteiger partial charge in [-0.25, -0.2) is 0 Å². The number of rotatable bonds is 4. The van der Waals surface area contributed by atoms with Crippen molar-refractivity contribution in [2.45, 2.75) is 16.0 Å². The second-order valence-electron chi connectivity index (χ2n) is 2.92. The van der Waals surface area contributed by atoms with E-state index < -0.39 is 15.5 Å². The van der Waals surface area contributed by atoms with Gasteiger partial charge in [0, 0.05) is 4.90 Å². The second kappa shape index (κ2) is 5.86. The summed E-state index contributed by atoms with van der Waals surface area (Å²) in [5.74, 6) is 0. The molecule has 0 aliphatic heterocycles. The Morgan fingerprint density at radius 2 is 2.07 bits per heavy atom. The van der Waals surface area contributed by atoms with Crippen LogP contribution in [-0.4, -0.2) is 15.5 Å². The zero-order chi connectivity index (χ0) is 11.3. The summed E-state index contributed by atoms with van der Waals surface area (Å²) in [6.45, 7) is 0.413. The van der Waals surface area contributed by atoms with Crippen molar-refractivity contribution >= 4 is 22.4 Å². The molecule has 2 N–H and O–H groups in total. The Kier molecular flexibility index (Phi) is 4.76. The van der Waals surface area contributed by atoms with Gasteiger partial charge in [-0.2, -0.15) is 5.26 Å². The largest absolute Gasteiger partial charge is 0.330 e. The van der Waals surface area contributed by atoms with Crippen LogP contribution in [0, 0.1) is 11.3 Å². The summed E-state index contributed by atoms with van der Waals surface area (Å²) < 4.78 is 11.3. The molecule has 0 bridgehead atoms. The van der Waals surface area contributed by atoms with Gasteiger partial charge in [0.2, 0.25) is 0 Å². The lowest BCUT2D eigenvalue weighted by Gasteiger charge is -2.07. The topological polar surface area (TPSA) is 66.9 Å². The van der Waals surface area contributed by atoms with Crippen LogP contribution < -0.4 is 5.73 Å². The number of benzene rings is 1. The van der Waals surface area contributed by atoms with Gasteiger partial charge in [-0.15, -0.1) is 11.6 Å². The summed E-state index contributed by atoms with van der Waals surface area (Å²) in [4.78, 5) is 0.627. The monoisotopic (exact) mass is 242 g/mol. The molecule has 0 fully saturated rings. The highest BCUT2D eigenvalue weighted by Gasteiger charge is 2.14. The average Bonchev–Trinajstić information content (AvgIpc) is 2.28. The van der Waals surface area contributed by atoms with Crippen molar-refractivity contribution in [1.82, 2.24) is 0 Å². The van der Waals surface area contributed by atoms with Crippen molar-refractivity contribution in [3.63, 3.8) is 0 Å². The summed E-state index contributed by atoms with van der Waals surface area (Å²) >= 11 is 5.89. The lowest BCUT2D eigenvalue weighted by atomic mass is 10.2. The molecule has 0 radical (unpaired) electrons. The smallest absolute Gasteiger partial charge is 0.114 e. The summed E-state index contributed by atoms with van der Waals surface area (Å²) in [5.41, 5.74) is 5.87. The van der Waals surface area contributed by atoms with E-state index in [0.717, 1.165) is 0 Å². The molecule has 0 aliphatic carbocycles. The highest BCUT2D eigenvalue weighted by Crippen LogP contribution is 2.16. The van der Waals surface area contributed by atoms with E-state index in [4.69, 9.17) is 22.6 Å². The molecule has 2 atom stereocenters. The average molecular weight is 243 g/mol. The molecule has 0 spiro atoms. The number of hydrogen-bond acceptors (Lipinski definition) is 3. The van der Waals surface area contributed by atoms with Crippen molar-refractivity contribution in [3.8, 4) is 6.07 Å². The van der Waals surface area contributed by atoms with Crippen LogP contribution in [0.2, 0.25) is 0 Å². The highest BCUT2D eigenvalue weighted by molar-refractivity contribution is 7.87. The van der Waals surface area contributed by atoms with Crippen LogP contribution in [0.25, 0.3) is 0 Å². The van der Waals surface area contributed by atoms with Crippen LogP contribution in [-0.2, 0) is 10.8 Å². The predicted molar refractivity (Wildman–Crippen MR) is 60.9 cm³/mol. The lowest BCUT2D eigenvalue weighted by molar-refractivity contribution is 0.677.